The molecule has 0 aliphatic carbocycles. The number of carbonyl (C=O) groups excluding carboxylic acids is 1. The van der Waals surface area contributed by atoms with Gasteiger partial charge in [0, 0.05) is 22.7 Å². The highest BCUT2D eigenvalue weighted by Gasteiger charge is 2.25. The molecule has 0 radical (unpaired) electrons. The molecule has 1 unspecified atom stereocenters. The molecule has 0 aliphatic heterocycles. The van der Waals surface area contributed by atoms with Crippen LogP contribution in [0.3, 0.4) is 0 Å². The summed E-state index contributed by atoms with van der Waals surface area (Å²) in [6.07, 6.45) is 0.769. The maximum atomic E-state index is 11.7. The lowest BCUT2D eigenvalue weighted by atomic mass is 10.1. The molecule has 0 aliphatic rings. The molecule has 0 saturated carbocycles. The molecule has 122 valence electrons. The third-order valence-electron chi connectivity index (χ3n) is 2.50. The fraction of sp³-hybridized carbons (Fsp3) is 0.500. The number of hydrogen-bond donors (Lipinski definition) is 2. The Bertz CT molecular complexity index is 557. The molecule has 0 bridgehead atoms. The Kier molecular flexibility index (Phi) is 6.16. The molecule has 8 heteroatoms. The van der Waals surface area contributed by atoms with Crippen LogP contribution < -0.4 is 10.1 Å². The lowest BCUT2D eigenvalue weighted by molar-refractivity contribution is -0.139. The minimum atomic E-state index is -1.17. The Labute approximate surface area is 137 Å². The lowest BCUT2D eigenvalue weighted by Crippen LogP contribution is -2.44. The first-order valence-electron chi connectivity index (χ1n) is 6.53. The van der Waals surface area contributed by atoms with Crippen LogP contribution in [0.1, 0.15) is 26.3 Å². The number of alkyl carbamates (subject to hydrolysis) is 1. The number of amides is 1. The number of methoxy groups -OCH3 is 1. The largest absolute Gasteiger partial charge is 0.481 e. The number of nitrogens with zero attached hydrogens (tertiary/aromatic N) is 1. The van der Waals surface area contributed by atoms with Crippen LogP contribution >= 0.6 is 15.9 Å². The van der Waals surface area contributed by atoms with Crippen molar-refractivity contribution in [1.29, 1.82) is 0 Å². The van der Waals surface area contributed by atoms with Crippen LogP contribution in [0.5, 0.6) is 5.88 Å². The molecule has 0 aromatic carbocycles. The van der Waals surface area contributed by atoms with Crippen molar-refractivity contribution in [1.82, 2.24) is 10.3 Å². The van der Waals surface area contributed by atoms with Crippen molar-refractivity contribution in [3.8, 4) is 5.88 Å². The van der Waals surface area contributed by atoms with Gasteiger partial charge in [-0.05, 0) is 42.8 Å². The van der Waals surface area contributed by atoms with E-state index in [9.17, 15) is 14.7 Å². The van der Waals surface area contributed by atoms with Gasteiger partial charge in [0.1, 0.15) is 11.6 Å². The number of carbonyl (C=O) groups is 2. The van der Waals surface area contributed by atoms with E-state index < -0.39 is 23.7 Å². The van der Waals surface area contributed by atoms with Crippen LogP contribution in [0.25, 0.3) is 0 Å². The summed E-state index contributed by atoms with van der Waals surface area (Å²) in [5, 5.41) is 11.6. The average Bonchev–Trinajstić information content (AvgIpc) is 2.35. The smallest absolute Gasteiger partial charge is 0.408 e. The van der Waals surface area contributed by atoms with E-state index in [-0.39, 0.29) is 6.42 Å². The van der Waals surface area contributed by atoms with Crippen molar-refractivity contribution >= 4 is 28.0 Å². The zero-order valence-corrected chi connectivity index (χ0v) is 14.4. The van der Waals surface area contributed by atoms with Crippen LogP contribution in [-0.4, -0.2) is 40.9 Å². The molecule has 1 heterocycles. The molecule has 1 amide bonds. The first kappa shape index (κ1) is 18.2. The number of aromatic nitrogens is 1. The van der Waals surface area contributed by atoms with Gasteiger partial charge < -0.3 is 19.9 Å². The number of rotatable bonds is 5. The molecule has 1 atom stereocenters. The van der Waals surface area contributed by atoms with Gasteiger partial charge in [-0.25, -0.2) is 14.6 Å². The molecule has 0 spiro atoms. The molecular weight excluding hydrogens is 356 g/mol. The van der Waals surface area contributed by atoms with E-state index in [0.29, 0.717) is 15.9 Å². The summed E-state index contributed by atoms with van der Waals surface area (Å²) in [4.78, 5) is 27.1. The third kappa shape index (κ3) is 5.88. The molecule has 7 nitrogen and oxygen atoms in total. The third-order valence-corrected chi connectivity index (χ3v) is 2.93. The highest BCUT2D eigenvalue weighted by molar-refractivity contribution is 9.10. The van der Waals surface area contributed by atoms with Crippen molar-refractivity contribution in [2.45, 2.75) is 38.8 Å². The Morgan fingerprint density at radius 3 is 2.59 bits per heavy atom. The standard InChI is InChI=1S/C14H19BrN2O5/c1-14(2,3)22-13(20)17-10(12(18)19)6-8-5-9(15)7-16-11(8)21-4/h5,7,10H,6H2,1-4H3,(H,17,20)(H,18,19). The number of nitrogens with one attached hydrogen (secondary N) is 1. The van der Waals surface area contributed by atoms with Gasteiger partial charge in [0.2, 0.25) is 5.88 Å². The van der Waals surface area contributed by atoms with Gasteiger partial charge in [0.05, 0.1) is 7.11 Å². The number of hydrogen-bond acceptors (Lipinski definition) is 5. The molecule has 1 aromatic rings. The molecule has 1 rings (SSSR count). The van der Waals surface area contributed by atoms with E-state index in [2.05, 4.69) is 26.2 Å². The van der Waals surface area contributed by atoms with Crippen molar-refractivity contribution in [2.75, 3.05) is 7.11 Å². The van der Waals surface area contributed by atoms with Crippen LogP contribution in [-0.2, 0) is 16.0 Å². The van der Waals surface area contributed by atoms with Crippen molar-refractivity contribution in [3.63, 3.8) is 0 Å². The molecule has 0 fully saturated rings. The Balaban J connectivity index is 2.87. The second-order valence-corrected chi connectivity index (χ2v) is 6.48. The van der Waals surface area contributed by atoms with Crippen molar-refractivity contribution in [3.05, 3.63) is 22.3 Å². The molecular formula is C14H19BrN2O5. The second-order valence-electron chi connectivity index (χ2n) is 5.56. The van der Waals surface area contributed by atoms with Gasteiger partial charge in [-0.1, -0.05) is 0 Å². The maximum absolute atomic E-state index is 11.7. The van der Waals surface area contributed by atoms with Crippen LogP contribution in [0.4, 0.5) is 4.79 Å². The predicted molar refractivity (Wildman–Crippen MR) is 83.0 cm³/mol. The van der Waals surface area contributed by atoms with E-state index in [1.807, 2.05) is 0 Å². The second kappa shape index (κ2) is 7.44. The molecule has 2 N–H and O–H groups in total. The normalized spacial score (nSPS) is 12.4. The summed E-state index contributed by atoms with van der Waals surface area (Å²) in [5.74, 6) is -0.867. The van der Waals surface area contributed by atoms with Gasteiger partial charge in [-0.15, -0.1) is 0 Å². The fourth-order valence-electron chi connectivity index (χ4n) is 1.67. The summed E-state index contributed by atoms with van der Waals surface area (Å²) in [6.45, 7) is 5.09. The zero-order valence-electron chi connectivity index (χ0n) is 12.8. The summed E-state index contributed by atoms with van der Waals surface area (Å²) in [6, 6.07) is 0.540. The minimum Gasteiger partial charge on any atom is -0.481 e. The Morgan fingerprint density at radius 2 is 2.09 bits per heavy atom. The van der Waals surface area contributed by atoms with Crippen LogP contribution in [0, 0.1) is 0 Å². The number of carboxylic acid groups (broad SMARTS) is 1. The fourth-order valence-corrected chi connectivity index (χ4v) is 2.05. The van der Waals surface area contributed by atoms with Crippen molar-refractivity contribution < 1.29 is 24.2 Å². The van der Waals surface area contributed by atoms with E-state index in [1.54, 1.807) is 33.0 Å². The van der Waals surface area contributed by atoms with Gasteiger partial charge in [-0.3, -0.25) is 0 Å². The number of carboxylic acids is 1. The van der Waals surface area contributed by atoms with Crippen molar-refractivity contribution in [2.24, 2.45) is 0 Å². The summed E-state index contributed by atoms with van der Waals surface area (Å²) >= 11 is 3.27. The first-order valence-corrected chi connectivity index (χ1v) is 7.32. The van der Waals surface area contributed by atoms with Gasteiger partial charge in [0.15, 0.2) is 0 Å². The lowest BCUT2D eigenvalue weighted by Gasteiger charge is -2.22. The number of aliphatic carboxylic acids is 1. The first-order chi connectivity index (χ1) is 10.1. The number of ether oxygens (including phenoxy) is 2. The minimum absolute atomic E-state index is 0.0180. The van der Waals surface area contributed by atoms with E-state index in [1.165, 1.54) is 7.11 Å². The zero-order chi connectivity index (χ0) is 16.9. The van der Waals surface area contributed by atoms with Crippen LogP contribution in [0.2, 0.25) is 0 Å². The van der Waals surface area contributed by atoms with Gasteiger partial charge in [0.25, 0.3) is 0 Å². The SMILES string of the molecule is COc1ncc(Br)cc1CC(NC(=O)OC(C)(C)C)C(=O)O. The number of halogens is 1. The van der Waals surface area contributed by atoms with E-state index in [0.717, 1.165) is 0 Å². The topological polar surface area (TPSA) is 97.8 Å². The molecule has 0 saturated heterocycles. The highest BCUT2D eigenvalue weighted by Crippen LogP contribution is 2.21. The van der Waals surface area contributed by atoms with Gasteiger partial charge in [-0.2, -0.15) is 0 Å². The Morgan fingerprint density at radius 1 is 1.45 bits per heavy atom. The summed E-state index contributed by atoms with van der Waals surface area (Å²) in [5.41, 5.74) is -0.150. The van der Waals surface area contributed by atoms with Crippen LogP contribution in [0.15, 0.2) is 16.7 Å². The quantitative estimate of drug-likeness (QED) is 0.820. The van der Waals surface area contributed by atoms with E-state index in [4.69, 9.17) is 9.47 Å². The number of pyridine rings is 1. The monoisotopic (exact) mass is 374 g/mol. The van der Waals surface area contributed by atoms with E-state index >= 15 is 0 Å². The molecule has 1 aromatic heterocycles. The maximum Gasteiger partial charge on any atom is 0.408 e. The highest BCUT2D eigenvalue weighted by atomic mass is 79.9. The summed E-state index contributed by atoms with van der Waals surface area (Å²) in [7, 11) is 1.44. The van der Waals surface area contributed by atoms with Gasteiger partial charge >= 0.3 is 12.1 Å². The average molecular weight is 375 g/mol. The summed E-state index contributed by atoms with van der Waals surface area (Å²) < 4.78 is 10.8. The predicted octanol–water partition coefficient (Wildman–Crippen LogP) is 2.37. The Hall–Kier alpha value is -1.83. The molecule has 22 heavy (non-hydrogen) atoms.